The van der Waals surface area contributed by atoms with Crippen LogP contribution in [-0.4, -0.2) is 31.4 Å². The normalized spacial score (nSPS) is 22.4. The fraction of sp³-hybridized carbons (Fsp3) is 0.875. The van der Waals surface area contributed by atoms with Crippen LogP contribution in [0.1, 0.15) is 20.3 Å². The molecule has 1 aliphatic rings. The second-order valence-corrected chi connectivity index (χ2v) is 5.07. The molecule has 0 N–H and O–H groups in total. The van der Waals surface area contributed by atoms with E-state index in [0.717, 1.165) is 0 Å². The maximum Gasteiger partial charge on any atom is 0.345 e. The SMILES string of the molecule is CCOP(=O)(OCC)[C@@H]1CCOC1=O. The van der Waals surface area contributed by atoms with E-state index in [0.29, 0.717) is 13.0 Å². The summed E-state index contributed by atoms with van der Waals surface area (Å²) in [4.78, 5) is 11.2. The first-order valence-corrected chi connectivity index (χ1v) is 6.30. The van der Waals surface area contributed by atoms with Gasteiger partial charge in [-0.2, -0.15) is 0 Å². The number of hydrogen-bond acceptors (Lipinski definition) is 5. The van der Waals surface area contributed by atoms with E-state index in [9.17, 15) is 9.36 Å². The number of esters is 1. The Balaban J connectivity index is 2.75. The Morgan fingerprint density at radius 1 is 1.43 bits per heavy atom. The lowest BCUT2D eigenvalue weighted by Crippen LogP contribution is -2.18. The van der Waals surface area contributed by atoms with Crippen molar-refractivity contribution in [2.24, 2.45) is 0 Å². The van der Waals surface area contributed by atoms with Crippen LogP contribution < -0.4 is 0 Å². The Morgan fingerprint density at radius 3 is 2.36 bits per heavy atom. The van der Waals surface area contributed by atoms with Gasteiger partial charge in [-0.3, -0.25) is 9.36 Å². The number of carbonyl (C=O) groups excluding carboxylic acids is 1. The summed E-state index contributed by atoms with van der Waals surface area (Å²) >= 11 is 0. The van der Waals surface area contributed by atoms with Crippen LogP contribution in [0.2, 0.25) is 0 Å². The van der Waals surface area contributed by atoms with E-state index in [4.69, 9.17) is 13.8 Å². The van der Waals surface area contributed by atoms with E-state index in [1.54, 1.807) is 13.8 Å². The minimum Gasteiger partial charge on any atom is -0.465 e. The Kier molecular flexibility index (Phi) is 4.11. The van der Waals surface area contributed by atoms with Gasteiger partial charge in [0.2, 0.25) is 0 Å². The van der Waals surface area contributed by atoms with Gasteiger partial charge in [0.15, 0.2) is 5.66 Å². The minimum atomic E-state index is -3.30. The van der Waals surface area contributed by atoms with Gasteiger partial charge < -0.3 is 13.8 Å². The van der Waals surface area contributed by atoms with E-state index in [1.807, 2.05) is 0 Å². The predicted molar refractivity (Wildman–Crippen MR) is 50.2 cm³/mol. The molecular formula is C8H15O5P. The molecule has 1 aliphatic heterocycles. The number of rotatable bonds is 5. The third-order valence-corrected chi connectivity index (χ3v) is 4.38. The third-order valence-electron chi connectivity index (χ3n) is 1.91. The van der Waals surface area contributed by atoms with Crippen LogP contribution >= 0.6 is 7.60 Å². The second-order valence-electron chi connectivity index (χ2n) is 2.85. The van der Waals surface area contributed by atoms with Crippen LogP contribution in [0.15, 0.2) is 0 Å². The molecule has 0 aromatic carbocycles. The summed E-state index contributed by atoms with van der Waals surface area (Å²) in [5.41, 5.74) is -0.734. The van der Waals surface area contributed by atoms with Gasteiger partial charge in [-0.25, -0.2) is 0 Å². The number of cyclic esters (lactones) is 1. The molecule has 0 unspecified atom stereocenters. The average molecular weight is 222 g/mol. The highest BCUT2D eigenvalue weighted by Gasteiger charge is 2.45. The van der Waals surface area contributed by atoms with E-state index < -0.39 is 19.2 Å². The Morgan fingerprint density at radius 2 is 2.00 bits per heavy atom. The molecule has 0 bridgehead atoms. The highest BCUT2D eigenvalue weighted by atomic mass is 31.2. The van der Waals surface area contributed by atoms with Gasteiger partial charge in [-0.15, -0.1) is 0 Å². The molecule has 1 atom stereocenters. The van der Waals surface area contributed by atoms with Crippen LogP contribution in [0.4, 0.5) is 0 Å². The lowest BCUT2D eigenvalue weighted by atomic mass is 10.4. The minimum absolute atomic E-state index is 0.265. The molecule has 0 aromatic rings. The van der Waals surface area contributed by atoms with E-state index in [2.05, 4.69) is 0 Å². The zero-order chi connectivity index (χ0) is 10.6. The summed E-state index contributed by atoms with van der Waals surface area (Å²) in [5.74, 6) is -0.477. The van der Waals surface area contributed by atoms with Crippen molar-refractivity contribution in [3.05, 3.63) is 0 Å². The molecule has 5 nitrogen and oxygen atoms in total. The summed E-state index contributed by atoms with van der Waals surface area (Å²) in [6.07, 6.45) is 0.413. The molecule has 0 spiro atoms. The molecule has 14 heavy (non-hydrogen) atoms. The van der Waals surface area contributed by atoms with Crippen molar-refractivity contribution in [2.45, 2.75) is 25.9 Å². The summed E-state index contributed by atoms with van der Waals surface area (Å²) in [6.45, 7) is 4.26. The van der Waals surface area contributed by atoms with Crippen molar-refractivity contribution >= 4 is 13.6 Å². The van der Waals surface area contributed by atoms with Crippen LogP contribution in [0.3, 0.4) is 0 Å². The topological polar surface area (TPSA) is 61.8 Å². The standard InChI is InChI=1S/C8H15O5P/c1-3-12-14(10,13-4-2)7-5-6-11-8(7)9/h7H,3-6H2,1-2H3/t7-/m1/s1. The molecule has 1 rings (SSSR count). The zero-order valence-electron chi connectivity index (χ0n) is 8.39. The molecule has 1 saturated heterocycles. The fourth-order valence-corrected chi connectivity index (χ4v) is 3.26. The number of carbonyl (C=O) groups is 1. The van der Waals surface area contributed by atoms with Gasteiger partial charge in [-0.1, -0.05) is 0 Å². The first-order chi connectivity index (χ1) is 6.64. The summed E-state index contributed by atoms with van der Waals surface area (Å²) in [6, 6.07) is 0. The zero-order valence-corrected chi connectivity index (χ0v) is 9.29. The van der Waals surface area contributed by atoms with Crippen molar-refractivity contribution in [2.75, 3.05) is 19.8 Å². The quantitative estimate of drug-likeness (QED) is 0.522. The molecule has 0 saturated carbocycles. The molecule has 6 heteroatoms. The fourth-order valence-electron chi connectivity index (χ4n) is 1.35. The summed E-state index contributed by atoms with van der Waals surface area (Å²) < 4.78 is 26.9. The maximum absolute atomic E-state index is 12.1. The molecule has 1 heterocycles. The van der Waals surface area contributed by atoms with Crippen LogP contribution in [0.5, 0.6) is 0 Å². The van der Waals surface area contributed by atoms with E-state index >= 15 is 0 Å². The Hall–Kier alpha value is -0.380. The highest BCUT2D eigenvalue weighted by Crippen LogP contribution is 2.55. The first-order valence-electron chi connectivity index (χ1n) is 4.69. The van der Waals surface area contributed by atoms with Crippen LogP contribution in [-0.2, 0) is 23.1 Å². The van der Waals surface area contributed by atoms with Gasteiger partial charge in [0.1, 0.15) is 0 Å². The predicted octanol–water partition coefficient (Wildman–Crippen LogP) is 1.57. The van der Waals surface area contributed by atoms with E-state index in [1.165, 1.54) is 0 Å². The molecule has 82 valence electrons. The number of ether oxygens (including phenoxy) is 1. The van der Waals surface area contributed by atoms with Crippen LogP contribution in [0, 0.1) is 0 Å². The molecule has 1 fully saturated rings. The van der Waals surface area contributed by atoms with Gasteiger partial charge in [0, 0.05) is 6.42 Å². The van der Waals surface area contributed by atoms with Crippen molar-refractivity contribution in [1.82, 2.24) is 0 Å². The van der Waals surface area contributed by atoms with Gasteiger partial charge in [-0.05, 0) is 13.8 Å². The smallest absolute Gasteiger partial charge is 0.345 e. The van der Waals surface area contributed by atoms with Gasteiger partial charge >= 0.3 is 13.6 Å². The average Bonchev–Trinajstić information content (AvgIpc) is 2.52. The molecule has 0 radical (unpaired) electrons. The lowest BCUT2D eigenvalue weighted by molar-refractivity contribution is -0.137. The summed E-state index contributed by atoms with van der Waals surface area (Å²) in [7, 11) is -3.30. The van der Waals surface area contributed by atoms with Crippen LogP contribution in [0.25, 0.3) is 0 Å². The largest absolute Gasteiger partial charge is 0.465 e. The second kappa shape index (κ2) is 4.91. The maximum atomic E-state index is 12.1. The van der Waals surface area contributed by atoms with Crippen molar-refractivity contribution in [3.63, 3.8) is 0 Å². The van der Waals surface area contributed by atoms with Crippen molar-refractivity contribution in [3.8, 4) is 0 Å². The molecule has 0 amide bonds. The van der Waals surface area contributed by atoms with E-state index in [-0.39, 0.29) is 13.2 Å². The highest BCUT2D eigenvalue weighted by molar-refractivity contribution is 7.55. The Bertz CT molecular complexity index is 242. The number of hydrogen-bond donors (Lipinski definition) is 0. The van der Waals surface area contributed by atoms with Crippen molar-refractivity contribution < 1.29 is 23.1 Å². The first kappa shape index (κ1) is 11.7. The molecule has 0 aromatic heterocycles. The van der Waals surface area contributed by atoms with Gasteiger partial charge in [0.25, 0.3) is 0 Å². The Labute approximate surface area is 83.3 Å². The lowest BCUT2D eigenvalue weighted by Gasteiger charge is -2.19. The third kappa shape index (κ3) is 2.35. The molecule has 0 aliphatic carbocycles. The molecular weight excluding hydrogens is 207 g/mol. The monoisotopic (exact) mass is 222 g/mol. The van der Waals surface area contributed by atoms with Crippen molar-refractivity contribution in [1.29, 1.82) is 0 Å². The summed E-state index contributed by atoms with van der Waals surface area (Å²) in [5, 5.41) is 0. The van der Waals surface area contributed by atoms with Gasteiger partial charge in [0.05, 0.1) is 19.8 Å².